The van der Waals surface area contributed by atoms with Gasteiger partial charge in [0.25, 0.3) is 0 Å². The fraction of sp³-hybridized carbons (Fsp3) is 0.667. The van der Waals surface area contributed by atoms with Crippen molar-refractivity contribution in [1.29, 1.82) is 0 Å². The molecule has 0 bridgehead atoms. The Hall–Kier alpha value is -1.39. The van der Waals surface area contributed by atoms with Crippen LogP contribution in [-0.2, 0) is 14.3 Å². The first kappa shape index (κ1) is 19.9. The second-order valence-electron chi connectivity index (χ2n) is 8.00. The van der Waals surface area contributed by atoms with Gasteiger partial charge in [-0.15, -0.1) is 0 Å². The summed E-state index contributed by atoms with van der Waals surface area (Å²) in [6.45, 7) is 8.20. The Labute approximate surface area is 151 Å². The third kappa shape index (κ3) is 5.55. The van der Waals surface area contributed by atoms with Gasteiger partial charge in [0.1, 0.15) is 0 Å². The molecule has 1 fully saturated rings. The van der Waals surface area contributed by atoms with Gasteiger partial charge in [-0.1, -0.05) is 43.7 Å². The summed E-state index contributed by atoms with van der Waals surface area (Å²) < 4.78 is 10.8. The summed E-state index contributed by atoms with van der Waals surface area (Å²) in [7, 11) is 1.42. The summed E-state index contributed by atoms with van der Waals surface area (Å²) >= 11 is 0. The molecule has 0 spiro atoms. The van der Waals surface area contributed by atoms with Crippen LogP contribution in [0, 0.1) is 5.92 Å². The highest BCUT2D eigenvalue weighted by molar-refractivity contribution is 5.88. The molecule has 25 heavy (non-hydrogen) atoms. The molecule has 1 aliphatic heterocycles. The van der Waals surface area contributed by atoms with Gasteiger partial charge in [0, 0.05) is 5.57 Å². The number of hydrogen-bond acceptors (Lipinski definition) is 4. The largest absolute Gasteiger partial charge is 0.466 e. The van der Waals surface area contributed by atoms with Crippen molar-refractivity contribution < 1.29 is 19.4 Å². The summed E-state index contributed by atoms with van der Waals surface area (Å²) in [4.78, 5) is 12.1. The lowest BCUT2D eigenvalue weighted by Gasteiger charge is -2.21. The highest BCUT2D eigenvalue weighted by Gasteiger charge is 2.50. The molecular formula is C21H32O4. The van der Waals surface area contributed by atoms with Crippen LogP contribution in [0.15, 0.2) is 35.5 Å². The summed E-state index contributed by atoms with van der Waals surface area (Å²) in [5.74, 6) is 0.0820. The molecule has 0 amide bonds. The van der Waals surface area contributed by atoms with Gasteiger partial charge in [-0.3, -0.25) is 0 Å². The third-order valence-corrected chi connectivity index (χ3v) is 5.32. The number of allylic oxidation sites excluding steroid dienone is 3. The molecule has 4 heteroatoms. The fourth-order valence-corrected chi connectivity index (χ4v) is 3.31. The van der Waals surface area contributed by atoms with Crippen molar-refractivity contribution in [3.05, 3.63) is 35.5 Å². The topological polar surface area (TPSA) is 59.1 Å². The maximum Gasteiger partial charge on any atom is 0.333 e. The van der Waals surface area contributed by atoms with Crippen LogP contribution in [0.3, 0.4) is 0 Å². The molecule has 1 saturated heterocycles. The third-order valence-electron chi connectivity index (χ3n) is 5.32. The Balaban J connectivity index is 2.28. The van der Waals surface area contributed by atoms with Crippen molar-refractivity contribution in [3.63, 3.8) is 0 Å². The Bertz CT molecular complexity index is 583. The molecule has 0 aromatic heterocycles. The molecule has 0 aromatic carbocycles. The molecule has 3 atom stereocenters. The van der Waals surface area contributed by atoms with Gasteiger partial charge in [-0.05, 0) is 51.9 Å². The minimum atomic E-state index is -0.840. The lowest BCUT2D eigenvalue weighted by molar-refractivity contribution is -0.136. The van der Waals surface area contributed by atoms with Crippen molar-refractivity contribution in [2.75, 3.05) is 7.11 Å². The van der Waals surface area contributed by atoms with Gasteiger partial charge < -0.3 is 14.6 Å². The number of methoxy groups -OCH3 is 1. The first-order valence-electron chi connectivity index (χ1n) is 9.23. The van der Waals surface area contributed by atoms with Crippen LogP contribution < -0.4 is 0 Å². The molecule has 0 radical (unpaired) electrons. The summed E-state index contributed by atoms with van der Waals surface area (Å²) in [6.07, 6.45) is 11.6. The van der Waals surface area contributed by atoms with Gasteiger partial charge in [0.05, 0.1) is 24.4 Å². The quantitative estimate of drug-likeness (QED) is 0.464. The summed E-state index contributed by atoms with van der Waals surface area (Å²) in [6, 6.07) is 0. The monoisotopic (exact) mass is 348 g/mol. The predicted octanol–water partition coefficient (Wildman–Crippen LogP) is 4.10. The smallest absolute Gasteiger partial charge is 0.333 e. The van der Waals surface area contributed by atoms with Gasteiger partial charge >= 0.3 is 5.97 Å². The SMILES string of the molecule is COC(=O)/C1=C\C=C(\C(C)C)CC[C@@](C)(O)/C=C/C[C@]2(C)O[C@@H]2CC1. The average molecular weight is 348 g/mol. The number of rotatable bonds is 2. The number of hydrogen-bond donors (Lipinski definition) is 1. The minimum Gasteiger partial charge on any atom is -0.466 e. The Morgan fingerprint density at radius 3 is 2.68 bits per heavy atom. The van der Waals surface area contributed by atoms with Crippen molar-refractivity contribution in [3.8, 4) is 0 Å². The summed E-state index contributed by atoms with van der Waals surface area (Å²) in [5.41, 5.74) is 0.877. The molecule has 1 heterocycles. The maximum atomic E-state index is 12.1. The molecule has 2 aliphatic rings. The number of carbonyl (C=O) groups excluding carboxylic acids is 1. The van der Waals surface area contributed by atoms with E-state index in [1.807, 2.05) is 31.2 Å². The number of epoxide rings is 1. The van der Waals surface area contributed by atoms with E-state index < -0.39 is 5.60 Å². The lowest BCUT2D eigenvalue weighted by atomic mass is 9.89. The predicted molar refractivity (Wildman–Crippen MR) is 99.1 cm³/mol. The van der Waals surface area contributed by atoms with Gasteiger partial charge in [-0.25, -0.2) is 4.79 Å². The van der Waals surface area contributed by atoms with Crippen molar-refractivity contribution in [1.82, 2.24) is 0 Å². The van der Waals surface area contributed by atoms with Gasteiger partial charge in [0.15, 0.2) is 0 Å². The zero-order chi connectivity index (χ0) is 18.7. The first-order valence-corrected chi connectivity index (χ1v) is 9.23. The Morgan fingerprint density at radius 2 is 2.04 bits per heavy atom. The summed E-state index contributed by atoms with van der Waals surface area (Å²) in [5, 5.41) is 10.6. The highest BCUT2D eigenvalue weighted by atomic mass is 16.6. The van der Waals surface area contributed by atoms with E-state index in [4.69, 9.17) is 9.47 Å². The van der Waals surface area contributed by atoms with E-state index in [9.17, 15) is 9.90 Å². The van der Waals surface area contributed by atoms with E-state index in [1.165, 1.54) is 12.7 Å². The molecule has 1 aliphatic carbocycles. The second-order valence-corrected chi connectivity index (χ2v) is 8.00. The van der Waals surface area contributed by atoms with E-state index in [-0.39, 0.29) is 17.7 Å². The molecule has 0 aromatic rings. The van der Waals surface area contributed by atoms with Crippen LogP contribution in [0.2, 0.25) is 0 Å². The first-order chi connectivity index (χ1) is 11.7. The van der Waals surface area contributed by atoms with Gasteiger partial charge in [-0.2, -0.15) is 0 Å². The number of aliphatic hydroxyl groups is 1. The zero-order valence-electron chi connectivity index (χ0n) is 16.2. The van der Waals surface area contributed by atoms with Gasteiger partial charge in [0.2, 0.25) is 0 Å². The number of fused-ring (bicyclic) bond motifs is 1. The Morgan fingerprint density at radius 1 is 1.32 bits per heavy atom. The second kappa shape index (κ2) is 7.88. The van der Waals surface area contributed by atoms with Crippen LogP contribution in [0.4, 0.5) is 0 Å². The van der Waals surface area contributed by atoms with E-state index in [2.05, 4.69) is 20.8 Å². The number of esters is 1. The number of carbonyl (C=O) groups is 1. The molecule has 0 unspecified atom stereocenters. The van der Waals surface area contributed by atoms with Crippen LogP contribution in [-0.4, -0.2) is 35.5 Å². The van der Waals surface area contributed by atoms with E-state index in [1.54, 1.807) is 0 Å². The van der Waals surface area contributed by atoms with E-state index >= 15 is 0 Å². The highest BCUT2D eigenvalue weighted by Crippen LogP contribution is 2.43. The average Bonchev–Trinajstić information content (AvgIpc) is 3.18. The Kier molecular flexibility index (Phi) is 6.28. The lowest BCUT2D eigenvalue weighted by Crippen LogP contribution is -2.21. The normalized spacial score (nSPS) is 39.2. The molecular weight excluding hydrogens is 316 g/mol. The van der Waals surface area contributed by atoms with Crippen LogP contribution in [0.1, 0.15) is 59.8 Å². The van der Waals surface area contributed by atoms with Crippen molar-refractivity contribution in [2.45, 2.75) is 77.1 Å². The standard InChI is InChI=1S/C21H32O4/c1-15(2)16-7-8-17(19(22)24-5)9-10-18-21(4,25-18)13-6-12-20(3,23)14-11-16/h6-8,12,15,18,23H,9-11,13-14H2,1-5H3/b12-6+,16-7+,17-8-/t18-,20+,21+/m1/s1. The van der Waals surface area contributed by atoms with E-state index in [0.717, 1.165) is 19.3 Å². The molecule has 2 rings (SSSR count). The van der Waals surface area contributed by atoms with Crippen LogP contribution in [0.5, 0.6) is 0 Å². The number of ether oxygens (including phenoxy) is 2. The van der Waals surface area contributed by atoms with Crippen molar-refractivity contribution in [2.24, 2.45) is 5.92 Å². The van der Waals surface area contributed by atoms with Crippen LogP contribution in [0.25, 0.3) is 0 Å². The minimum absolute atomic E-state index is 0.145. The van der Waals surface area contributed by atoms with Crippen molar-refractivity contribution >= 4 is 5.97 Å². The fourth-order valence-electron chi connectivity index (χ4n) is 3.31. The molecule has 140 valence electrons. The zero-order valence-corrected chi connectivity index (χ0v) is 16.2. The molecule has 1 N–H and O–H groups in total. The molecule has 0 saturated carbocycles. The van der Waals surface area contributed by atoms with E-state index in [0.29, 0.717) is 24.3 Å². The van der Waals surface area contributed by atoms with Crippen LogP contribution >= 0.6 is 0 Å². The molecule has 4 nitrogen and oxygen atoms in total. The maximum absolute atomic E-state index is 12.1.